The SMILES string of the molecule is NC(=O)Nc1[nH]c(-c2cccc(Br)c2)cc1C(N)=O. The minimum Gasteiger partial charge on any atom is -0.365 e. The minimum absolute atomic E-state index is 0.175. The number of carbonyl (C=O) groups is 2. The summed E-state index contributed by atoms with van der Waals surface area (Å²) in [6.45, 7) is 0. The van der Waals surface area contributed by atoms with E-state index in [4.69, 9.17) is 11.5 Å². The summed E-state index contributed by atoms with van der Waals surface area (Å²) in [5.74, 6) is -0.462. The van der Waals surface area contributed by atoms with E-state index in [1.165, 1.54) is 0 Å². The molecule has 98 valence electrons. The van der Waals surface area contributed by atoms with Gasteiger partial charge in [0.2, 0.25) is 0 Å². The first-order valence-electron chi connectivity index (χ1n) is 5.32. The summed E-state index contributed by atoms with van der Waals surface area (Å²) < 4.78 is 0.893. The molecule has 1 aromatic heterocycles. The maximum Gasteiger partial charge on any atom is 0.317 e. The van der Waals surface area contributed by atoms with Gasteiger partial charge in [0.1, 0.15) is 5.82 Å². The summed E-state index contributed by atoms with van der Waals surface area (Å²) >= 11 is 3.36. The minimum atomic E-state index is -0.773. The molecule has 0 aliphatic rings. The molecule has 0 saturated carbocycles. The van der Waals surface area contributed by atoms with Gasteiger partial charge in [-0.1, -0.05) is 28.1 Å². The fraction of sp³-hybridized carbons (Fsp3) is 0. The van der Waals surface area contributed by atoms with Crippen LogP contribution in [0.3, 0.4) is 0 Å². The Bertz CT molecular complexity index is 651. The number of anilines is 1. The summed E-state index contributed by atoms with van der Waals surface area (Å²) in [5, 5.41) is 2.33. The molecule has 0 unspecified atom stereocenters. The zero-order valence-electron chi connectivity index (χ0n) is 9.74. The molecule has 0 atom stereocenters. The van der Waals surface area contributed by atoms with Gasteiger partial charge < -0.3 is 16.5 Å². The highest BCUT2D eigenvalue weighted by Gasteiger charge is 2.15. The summed E-state index contributed by atoms with van der Waals surface area (Å²) in [4.78, 5) is 25.1. The van der Waals surface area contributed by atoms with Crippen molar-refractivity contribution in [2.24, 2.45) is 11.5 Å². The largest absolute Gasteiger partial charge is 0.365 e. The third kappa shape index (κ3) is 2.94. The molecule has 1 aromatic carbocycles. The smallest absolute Gasteiger partial charge is 0.317 e. The van der Waals surface area contributed by atoms with Gasteiger partial charge in [-0.25, -0.2) is 4.79 Å². The number of hydrogen-bond donors (Lipinski definition) is 4. The van der Waals surface area contributed by atoms with Crippen molar-refractivity contribution < 1.29 is 9.59 Å². The summed E-state index contributed by atoms with van der Waals surface area (Å²) in [6, 6.07) is 8.25. The van der Waals surface area contributed by atoms with Gasteiger partial charge in [-0.15, -0.1) is 0 Å². The highest BCUT2D eigenvalue weighted by atomic mass is 79.9. The molecule has 0 fully saturated rings. The number of rotatable bonds is 3. The Labute approximate surface area is 117 Å². The van der Waals surface area contributed by atoms with Crippen LogP contribution < -0.4 is 16.8 Å². The molecule has 0 saturated heterocycles. The Balaban J connectivity index is 2.48. The number of nitrogens with one attached hydrogen (secondary N) is 2. The number of urea groups is 1. The molecule has 0 aliphatic carbocycles. The van der Waals surface area contributed by atoms with Crippen LogP contribution in [0.2, 0.25) is 0 Å². The molecular formula is C12H11BrN4O2. The van der Waals surface area contributed by atoms with Gasteiger partial charge >= 0.3 is 6.03 Å². The molecule has 2 aromatic rings. The van der Waals surface area contributed by atoms with E-state index in [0.29, 0.717) is 5.69 Å². The first-order valence-corrected chi connectivity index (χ1v) is 6.12. The van der Waals surface area contributed by atoms with Crippen LogP contribution in [0.15, 0.2) is 34.8 Å². The van der Waals surface area contributed by atoms with Crippen LogP contribution in [0.1, 0.15) is 10.4 Å². The number of aromatic nitrogens is 1. The standard InChI is InChI=1S/C12H11BrN4O2/c13-7-3-1-2-6(4-7)9-5-8(10(14)18)11(16-9)17-12(15)19/h1-5,16H,(H2,14,18)(H3,15,17,19). The zero-order chi connectivity index (χ0) is 14.0. The lowest BCUT2D eigenvalue weighted by atomic mass is 10.1. The van der Waals surface area contributed by atoms with Crippen molar-refractivity contribution in [1.82, 2.24) is 4.98 Å². The first-order chi connectivity index (χ1) is 8.97. The number of hydrogen-bond acceptors (Lipinski definition) is 2. The molecule has 3 amide bonds. The predicted octanol–water partition coefficient (Wildman–Crippen LogP) is 2.03. The quantitative estimate of drug-likeness (QED) is 0.692. The number of nitrogens with two attached hydrogens (primary N) is 2. The predicted molar refractivity (Wildman–Crippen MR) is 75.7 cm³/mol. The zero-order valence-corrected chi connectivity index (χ0v) is 11.3. The van der Waals surface area contributed by atoms with Crippen molar-refractivity contribution in [3.63, 3.8) is 0 Å². The lowest BCUT2D eigenvalue weighted by Gasteiger charge is -2.00. The van der Waals surface area contributed by atoms with Gasteiger partial charge in [0.25, 0.3) is 5.91 Å². The van der Waals surface area contributed by atoms with Gasteiger partial charge in [-0.3, -0.25) is 10.1 Å². The molecule has 0 bridgehead atoms. The maximum atomic E-state index is 11.3. The van der Waals surface area contributed by atoms with Gasteiger partial charge in [-0.05, 0) is 23.8 Å². The van der Waals surface area contributed by atoms with Gasteiger partial charge in [-0.2, -0.15) is 0 Å². The average Bonchev–Trinajstić information content (AvgIpc) is 2.72. The number of H-pyrrole nitrogens is 1. The van der Waals surface area contributed by atoms with Crippen LogP contribution in [-0.2, 0) is 0 Å². The van der Waals surface area contributed by atoms with Crippen molar-refractivity contribution in [3.8, 4) is 11.3 Å². The van der Waals surface area contributed by atoms with E-state index in [-0.39, 0.29) is 11.4 Å². The normalized spacial score (nSPS) is 10.2. The second-order valence-electron chi connectivity index (χ2n) is 3.84. The number of aromatic amines is 1. The lowest BCUT2D eigenvalue weighted by molar-refractivity contribution is 0.100. The summed E-state index contributed by atoms with van der Waals surface area (Å²) in [5.41, 5.74) is 12.0. The summed E-state index contributed by atoms with van der Waals surface area (Å²) in [6.07, 6.45) is 0. The van der Waals surface area contributed by atoms with Crippen molar-refractivity contribution in [1.29, 1.82) is 0 Å². The number of primary amides is 2. The third-order valence-electron chi connectivity index (χ3n) is 2.47. The molecule has 0 radical (unpaired) electrons. The number of carbonyl (C=O) groups excluding carboxylic acids is 2. The van der Waals surface area contributed by atoms with Crippen LogP contribution in [0.4, 0.5) is 10.6 Å². The number of amides is 3. The molecular weight excluding hydrogens is 312 g/mol. The maximum absolute atomic E-state index is 11.3. The Hall–Kier alpha value is -2.28. The van der Waals surface area contributed by atoms with E-state index in [0.717, 1.165) is 10.0 Å². The first kappa shape index (κ1) is 13.2. The van der Waals surface area contributed by atoms with Crippen LogP contribution in [0.5, 0.6) is 0 Å². The van der Waals surface area contributed by atoms with E-state index in [1.54, 1.807) is 6.07 Å². The van der Waals surface area contributed by atoms with Crippen LogP contribution >= 0.6 is 15.9 Å². The fourth-order valence-electron chi connectivity index (χ4n) is 1.68. The molecule has 7 heteroatoms. The Kier molecular flexibility index (Phi) is 3.57. The molecule has 2 rings (SSSR count). The Morgan fingerprint density at radius 2 is 1.95 bits per heavy atom. The van der Waals surface area contributed by atoms with E-state index in [9.17, 15) is 9.59 Å². The number of halogens is 1. The van der Waals surface area contributed by atoms with Gasteiger partial charge in [0, 0.05) is 10.2 Å². The molecule has 6 nitrogen and oxygen atoms in total. The molecule has 0 spiro atoms. The van der Waals surface area contributed by atoms with Gasteiger partial charge in [0.05, 0.1) is 5.56 Å². The second-order valence-corrected chi connectivity index (χ2v) is 4.75. The highest BCUT2D eigenvalue weighted by molar-refractivity contribution is 9.10. The molecule has 19 heavy (non-hydrogen) atoms. The van der Waals surface area contributed by atoms with Crippen molar-refractivity contribution in [3.05, 3.63) is 40.4 Å². The Morgan fingerprint density at radius 3 is 2.53 bits per heavy atom. The average molecular weight is 323 g/mol. The molecule has 1 heterocycles. The van der Waals surface area contributed by atoms with E-state index >= 15 is 0 Å². The molecule has 6 N–H and O–H groups in total. The molecule has 0 aliphatic heterocycles. The Morgan fingerprint density at radius 1 is 1.21 bits per heavy atom. The highest BCUT2D eigenvalue weighted by Crippen LogP contribution is 2.26. The van der Waals surface area contributed by atoms with Crippen LogP contribution in [0, 0.1) is 0 Å². The van der Waals surface area contributed by atoms with E-state index in [2.05, 4.69) is 26.2 Å². The topological polar surface area (TPSA) is 114 Å². The van der Waals surface area contributed by atoms with Crippen molar-refractivity contribution in [2.45, 2.75) is 0 Å². The van der Waals surface area contributed by atoms with Crippen molar-refractivity contribution in [2.75, 3.05) is 5.32 Å². The van der Waals surface area contributed by atoms with Crippen molar-refractivity contribution >= 4 is 33.7 Å². The van der Waals surface area contributed by atoms with Gasteiger partial charge in [0.15, 0.2) is 0 Å². The number of benzene rings is 1. The van der Waals surface area contributed by atoms with E-state index < -0.39 is 11.9 Å². The monoisotopic (exact) mass is 322 g/mol. The second kappa shape index (κ2) is 5.15. The lowest BCUT2D eigenvalue weighted by Crippen LogP contribution is -2.22. The van der Waals surface area contributed by atoms with Crippen LogP contribution in [-0.4, -0.2) is 16.9 Å². The fourth-order valence-corrected chi connectivity index (χ4v) is 2.08. The third-order valence-corrected chi connectivity index (χ3v) is 2.96. The summed E-state index contributed by atoms with van der Waals surface area (Å²) in [7, 11) is 0. The van der Waals surface area contributed by atoms with Crippen LogP contribution in [0.25, 0.3) is 11.3 Å². The van der Waals surface area contributed by atoms with E-state index in [1.807, 2.05) is 24.3 Å².